The van der Waals surface area contributed by atoms with Gasteiger partial charge in [-0.05, 0) is 41.7 Å². The van der Waals surface area contributed by atoms with E-state index < -0.39 is 24.0 Å². The molecule has 2 aliphatic rings. The lowest BCUT2D eigenvalue weighted by atomic mass is 9.96. The molecular formula is C23H21FN4O2. The molecule has 2 aromatic carbocycles. The van der Waals surface area contributed by atoms with E-state index in [0.717, 1.165) is 17.5 Å². The Kier molecular flexibility index (Phi) is 5.50. The van der Waals surface area contributed by atoms with Gasteiger partial charge >= 0.3 is 0 Å². The number of hydrogen-bond acceptors (Lipinski definition) is 5. The fraction of sp³-hybridized carbons (Fsp3) is 0.348. The molecule has 1 amide bonds. The molecule has 2 fully saturated rings. The normalized spacial score (nSPS) is 25.3. The highest BCUT2D eigenvalue weighted by molar-refractivity contribution is 5.83. The summed E-state index contributed by atoms with van der Waals surface area (Å²) in [5, 5.41) is 34.3. The highest BCUT2D eigenvalue weighted by Crippen LogP contribution is 2.35. The first kappa shape index (κ1) is 20.0. The number of carbonyl (C=O) groups excluding carboxylic acids is 1. The van der Waals surface area contributed by atoms with Gasteiger partial charge in [-0.2, -0.15) is 10.5 Å². The number of amides is 1. The van der Waals surface area contributed by atoms with Gasteiger partial charge in [0.05, 0.1) is 23.8 Å². The first-order chi connectivity index (χ1) is 14.5. The zero-order valence-corrected chi connectivity index (χ0v) is 16.2. The summed E-state index contributed by atoms with van der Waals surface area (Å²) in [7, 11) is 0. The Morgan fingerprint density at radius 2 is 1.93 bits per heavy atom. The van der Waals surface area contributed by atoms with Crippen LogP contribution >= 0.6 is 0 Å². The van der Waals surface area contributed by atoms with Gasteiger partial charge in [0, 0.05) is 18.4 Å². The Labute approximate surface area is 173 Å². The summed E-state index contributed by atoms with van der Waals surface area (Å²) in [5.41, 5.74) is 2.31. The van der Waals surface area contributed by atoms with Crippen LogP contribution in [0.2, 0.25) is 0 Å². The second-order valence-corrected chi connectivity index (χ2v) is 7.94. The molecule has 30 heavy (non-hydrogen) atoms. The molecule has 4 rings (SSSR count). The molecule has 7 heteroatoms. The van der Waals surface area contributed by atoms with Gasteiger partial charge < -0.3 is 15.7 Å². The summed E-state index contributed by atoms with van der Waals surface area (Å²) in [6, 6.07) is 14.7. The lowest BCUT2D eigenvalue weighted by Crippen LogP contribution is -2.53. The molecule has 5 atom stereocenters. The SMILES string of the molecule is N#Cc1ccc(-c2ccc(CC(C#N)NC(=O)C3NC4CC(O)C3C4)cc2)cc1F. The number of rotatable bonds is 5. The molecule has 1 aliphatic heterocycles. The van der Waals surface area contributed by atoms with Crippen molar-refractivity contribution in [3.63, 3.8) is 0 Å². The molecule has 1 heterocycles. The van der Waals surface area contributed by atoms with Crippen LogP contribution in [-0.4, -0.2) is 35.2 Å². The number of halogens is 1. The minimum Gasteiger partial charge on any atom is -0.393 e. The summed E-state index contributed by atoms with van der Waals surface area (Å²) in [6.07, 6.45) is 1.33. The van der Waals surface area contributed by atoms with E-state index in [-0.39, 0.29) is 23.4 Å². The van der Waals surface area contributed by atoms with Crippen LogP contribution in [0.15, 0.2) is 42.5 Å². The number of aliphatic hydroxyl groups excluding tert-OH is 1. The number of carbonyl (C=O) groups is 1. The minimum absolute atomic E-state index is 0.000432. The van der Waals surface area contributed by atoms with Crippen LogP contribution < -0.4 is 10.6 Å². The molecule has 0 radical (unpaired) electrons. The van der Waals surface area contributed by atoms with Gasteiger partial charge in [0.25, 0.3) is 0 Å². The van der Waals surface area contributed by atoms with Crippen molar-refractivity contribution in [1.29, 1.82) is 10.5 Å². The van der Waals surface area contributed by atoms with E-state index in [2.05, 4.69) is 16.7 Å². The monoisotopic (exact) mass is 404 g/mol. The molecule has 5 unspecified atom stereocenters. The van der Waals surface area contributed by atoms with Crippen molar-refractivity contribution in [2.45, 2.75) is 43.5 Å². The maximum atomic E-state index is 13.8. The number of fused-ring (bicyclic) bond motifs is 2. The van der Waals surface area contributed by atoms with E-state index in [1.165, 1.54) is 12.1 Å². The summed E-state index contributed by atoms with van der Waals surface area (Å²) in [4.78, 5) is 12.6. The van der Waals surface area contributed by atoms with E-state index in [1.54, 1.807) is 12.1 Å². The van der Waals surface area contributed by atoms with Crippen molar-refractivity contribution in [2.24, 2.45) is 5.92 Å². The lowest BCUT2D eigenvalue weighted by molar-refractivity contribution is -0.125. The van der Waals surface area contributed by atoms with Gasteiger partial charge in [0.1, 0.15) is 17.9 Å². The Hall–Kier alpha value is -3.26. The third kappa shape index (κ3) is 3.91. The highest BCUT2D eigenvalue weighted by Gasteiger charge is 2.48. The predicted molar refractivity (Wildman–Crippen MR) is 107 cm³/mol. The van der Waals surface area contributed by atoms with E-state index in [4.69, 9.17) is 5.26 Å². The first-order valence-corrected chi connectivity index (χ1v) is 9.91. The van der Waals surface area contributed by atoms with Crippen LogP contribution in [0.5, 0.6) is 0 Å². The molecule has 152 valence electrons. The number of nitrogens with one attached hydrogen (secondary N) is 2. The Balaban J connectivity index is 1.39. The third-order valence-corrected chi connectivity index (χ3v) is 5.99. The average Bonchev–Trinajstić information content (AvgIpc) is 3.33. The van der Waals surface area contributed by atoms with Crippen LogP contribution in [0.1, 0.15) is 24.0 Å². The van der Waals surface area contributed by atoms with Crippen molar-refractivity contribution in [3.8, 4) is 23.3 Å². The quantitative estimate of drug-likeness (QED) is 0.707. The Morgan fingerprint density at radius 3 is 2.53 bits per heavy atom. The summed E-state index contributed by atoms with van der Waals surface area (Å²) in [6.45, 7) is 0. The van der Waals surface area contributed by atoms with Gasteiger partial charge in [0.2, 0.25) is 5.91 Å². The molecule has 1 saturated heterocycles. The fourth-order valence-corrected chi connectivity index (χ4v) is 4.43. The molecule has 3 N–H and O–H groups in total. The van der Waals surface area contributed by atoms with Crippen LogP contribution in [-0.2, 0) is 11.2 Å². The van der Waals surface area contributed by atoms with E-state index in [9.17, 15) is 19.6 Å². The number of hydrogen-bond donors (Lipinski definition) is 3. The molecule has 6 nitrogen and oxygen atoms in total. The van der Waals surface area contributed by atoms with Gasteiger partial charge in [0.15, 0.2) is 0 Å². The number of nitriles is 2. The molecule has 0 aromatic heterocycles. The van der Waals surface area contributed by atoms with Gasteiger partial charge in [-0.1, -0.05) is 30.3 Å². The van der Waals surface area contributed by atoms with Crippen LogP contribution in [0.4, 0.5) is 4.39 Å². The van der Waals surface area contributed by atoms with Crippen LogP contribution in [0.25, 0.3) is 11.1 Å². The second kappa shape index (κ2) is 8.23. The number of aliphatic hydroxyl groups is 1. The maximum absolute atomic E-state index is 13.8. The molecule has 1 aliphatic carbocycles. The largest absolute Gasteiger partial charge is 0.393 e. The molecular weight excluding hydrogens is 383 g/mol. The standard InChI is InChI=1S/C23H21FN4O2/c24-20-8-15(5-6-16(20)11-25)14-3-1-13(2-4-14)7-18(12-26)28-23(30)22-19-9-17(27-22)10-21(19)29/h1-6,8,17-19,21-22,27,29H,7,9-10H2,(H,28,30). The smallest absolute Gasteiger partial charge is 0.238 e. The van der Waals surface area contributed by atoms with E-state index >= 15 is 0 Å². The first-order valence-electron chi connectivity index (χ1n) is 9.91. The predicted octanol–water partition coefficient (Wildman–Crippen LogP) is 2.03. The molecule has 2 aromatic rings. The van der Waals surface area contributed by atoms with E-state index in [0.29, 0.717) is 18.4 Å². The lowest BCUT2D eigenvalue weighted by Gasteiger charge is -2.27. The van der Waals surface area contributed by atoms with Gasteiger partial charge in [-0.3, -0.25) is 4.79 Å². The van der Waals surface area contributed by atoms with Gasteiger partial charge in [-0.25, -0.2) is 4.39 Å². The van der Waals surface area contributed by atoms with E-state index in [1.807, 2.05) is 24.3 Å². The van der Waals surface area contributed by atoms with Crippen molar-refractivity contribution in [3.05, 3.63) is 59.4 Å². The molecule has 1 saturated carbocycles. The van der Waals surface area contributed by atoms with Crippen molar-refractivity contribution in [2.75, 3.05) is 0 Å². The summed E-state index contributed by atoms with van der Waals surface area (Å²) >= 11 is 0. The fourth-order valence-electron chi connectivity index (χ4n) is 4.43. The van der Waals surface area contributed by atoms with Gasteiger partial charge in [-0.15, -0.1) is 0 Å². The van der Waals surface area contributed by atoms with Crippen LogP contribution in [0.3, 0.4) is 0 Å². The maximum Gasteiger partial charge on any atom is 0.238 e. The zero-order chi connectivity index (χ0) is 21.3. The molecule has 2 bridgehead atoms. The Bertz CT molecular complexity index is 1040. The summed E-state index contributed by atoms with van der Waals surface area (Å²) in [5.74, 6) is -0.912. The number of benzene rings is 2. The van der Waals surface area contributed by atoms with Crippen molar-refractivity contribution >= 4 is 5.91 Å². The average molecular weight is 404 g/mol. The van der Waals surface area contributed by atoms with Crippen molar-refractivity contribution in [1.82, 2.24) is 10.6 Å². The second-order valence-electron chi connectivity index (χ2n) is 7.94. The minimum atomic E-state index is -0.686. The number of nitrogens with zero attached hydrogens (tertiary/aromatic N) is 2. The summed E-state index contributed by atoms with van der Waals surface area (Å²) < 4.78 is 13.8. The number of piperidine rings is 1. The Morgan fingerprint density at radius 1 is 1.20 bits per heavy atom. The zero-order valence-electron chi connectivity index (χ0n) is 16.2. The molecule has 0 spiro atoms. The third-order valence-electron chi connectivity index (χ3n) is 5.99. The topological polar surface area (TPSA) is 109 Å². The van der Waals surface area contributed by atoms with Crippen molar-refractivity contribution < 1.29 is 14.3 Å². The highest BCUT2D eigenvalue weighted by atomic mass is 19.1. The van der Waals surface area contributed by atoms with Crippen LogP contribution in [0, 0.1) is 34.4 Å².